The number of amides is 6. The minimum absolute atomic E-state index is 0.197. The van der Waals surface area contributed by atoms with Gasteiger partial charge in [-0.15, -0.1) is 0 Å². The van der Waals surface area contributed by atoms with Crippen molar-refractivity contribution in [1.82, 2.24) is 15.5 Å². The van der Waals surface area contributed by atoms with Crippen LogP contribution in [0.25, 0.3) is 10.8 Å². The molecule has 10 heteroatoms. The van der Waals surface area contributed by atoms with Gasteiger partial charge < -0.3 is 21.7 Å². The van der Waals surface area contributed by atoms with Gasteiger partial charge >= 0.3 is 6.03 Å². The number of imide groups is 1. The summed E-state index contributed by atoms with van der Waals surface area (Å²) < 4.78 is 0. The summed E-state index contributed by atoms with van der Waals surface area (Å²) in [6, 6.07) is 18.5. The zero-order valence-electron chi connectivity index (χ0n) is 18.8. The molecule has 0 saturated carbocycles. The zero-order valence-corrected chi connectivity index (χ0v) is 18.8. The van der Waals surface area contributed by atoms with Crippen molar-refractivity contribution in [2.45, 2.75) is 12.5 Å². The first-order valence-electron chi connectivity index (χ1n) is 10.8. The summed E-state index contributed by atoms with van der Waals surface area (Å²) in [5.74, 6) is -2.40. The maximum Gasteiger partial charge on any atom is 0.325 e. The van der Waals surface area contributed by atoms with Crippen molar-refractivity contribution in [2.24, 2.45) is 5.73 Å². The number of nitrogens with one attached hydrogen (secondary N) is 3. The molecule has 0 aromatic heterocycles. The first kappa shape index (κ1) is 23.4. The van der Waals surface area contributed by atoms with Crippen LogP contribution in [0.15, 0.2) is 66.7 Å². The lowest BCUT2D eigenvalue weighted by atomic mass is 9.90. The Morgan fingerprint density at radius 1 is 0.971 bits per heavy atom. The van der Waals surface area contributed by atoms with E-state index in [2.05, 4.69) is 16.0 Å². The van der Waals surface area contributed by atoms with Crippen molar-refractivity contribution in [3.05, 3.63) is 77.9 Å². The molecule has 6 amide bonds. The number of anilines is 1. The van der Waals surface area contributed by atoms with Crippen molar-refractivity contribution in [3.63, 3.8) is 0 Å². The SMILES string of the molecule is CC1(c2ccc3ccccc3c2)NC(=O)N(CC(=O)Nc2cccc(C(=O)NCC(N)=O)c2)C1=O. The molecule has 35 heavy (non-hydrogen) atoms. The molecule has 3 aromatic rings. The van der Waals surface area contributed by atoms with E-state index >= 15 is 0 Å². The number of hydrogen-bond donors (Lipinski definition) is 4. The van der Waals surface area contributed by atoms with Crippen molar-refractivity contribution < 1.29 is 24.0 Å². The van der Waals surface area contributed by atoms with E-state index in [-0.39, 0.29) is 17.8 Å². The average molecular weight is 473 g/mol. The molecule has 1 aliphatic rings. The summed E-state index contributed by atoms with van der Waals surface area (Å²) in [5, 5.41) is 9.54. The van der Waals surface area contributed by atoms with Gasteiger partial charge in [-0.1, -0.05) is 42.5 Å². The van der Waals surface area contributed by atoms with Crippen molar-refractivity contribution in [3.8, 4) is 0 Å². The number of rotatable bonds is 7. The molecule has 1 aliphatic heterocycles. The van der Waals surface area contributed by atoms with E-state index in [1.54, 1.807) is 25.1 Å². The summed E-state index contributed by atoms with van der Waals surface area (Å²) in [7, 11) is 0. The second-order valence-electron chi connectivity index (χ2n) is 8.29. The Labute approximate surface area is 200 Å². The van der Waals surface area contributed by atoms with Gasteiger partial charge in [-0.05, 0) is 47.5 Å². The van der Waals surface area contributed by atoms with E-state index in [0.29, 0.717) is 5.56 Å². The van der Waals surface area contributed by atoms with Gasteiger partial charge in [0, 0.05) is 11.3 Å². The van der Waals surface area contributed by atoms with Gasteiger partial charge in [-0.25, -0.2) is 4.79 Å². The van der Waals surface area contributed by atoms with Crippen molar-refractivity contribution in [1.29, 1.82) is 0 Å². The fraction of sp³-hybridized carbons (Fsp3) is 0.160. The molecule has 1 atom stereocenters. The average Bonchev–Trinajstić information content (AvgIpc) is 3.06. The van der Waals surface area contributed by atoms with E-state index in [1.807, 2.05) is 36.4 Å². The van der Waals surface area contributed by atoms with Gasteiger partial charge in [0.15, 0.2) is 0 Å². The molecule has 1 fully saturated rings. The van der Waals surface area contributed by atoms with Crippen LogP contribution >= 0.6 is 0 Å². The predicted molar refractivity (Wildman–Crippen MR) is 128 cm³/mol. The number of urea groups is 1. The van der Waals surface area contributed by atoms with Gasteiger partial charge in [-0.3, -0.25) is 24.1 Å². The molecule has 1 unspecified atom stereocenters. The second kappa shape index (κ2) is 9.26. The van der Waals surface area contributed by atoms with Crippen LogP contribution in [0.1, 0.15) is 22.8 Å². The van der Waals surface area contributed by atoms with E-state index < -0.39 is 41.7 Å². The maximum absolute atomic E-state index is 13.2. The third-order valence-corrected chi connectivity index (χ3v) is 5.74. The molecule has 3 aromatic carbocycles. The third-order valence-electron chi connectivity index (χ3n) is 5.74. The lowest BCUT2D eigenvalue weighted by molar-refractivity contribution is -0.133. The van der Waals surface area contributed by atoms with Gasteiger partial charge in [0.2, 0.25) is 11.8 Å². The first-order valence-corrected chi connectivity index (χ1v) is 10.8. The molecule has 1 heterocycles. The molecule has 0 aliphatic carbocycles. The highest BCUT2D eigenvalue weighted by Crippen LogP contribution is 2.31. The van der Waals surface area contributed by atoms with E-state index in [9.17, 15) is 24.0 Å². The Hall–Kier alpha value is -4.73. The molecule has 0 bridgehead atoms. The van der Waals surface area contributed by atoms with Crippen molar-refractivity contribution in [2.75, 3.05) is 18.4 Å². The Bertz CT molecular complexity index is 1370. The van der Waals surface area contributed by atoms with Gasteiger partial charge in [0.1, 0.15) is 12.1 Å². The zero-order chi connectivity index (χ0) is 25.2. The molecular weight excluding hydrogens is 450 g/mol. The van der Waals surface area contributed by atoms with Crippen LogP contribution in [0, 0.1) is 0 Å². The molecule has 0 spiro atoms. The maximum atomic E-state index is 13.2. The second-order valence-corrected chi connectivity index (χ2v) is 8.29. The quantitative estimate of drug-likeness (QED) is 0.383. The van der Waals surface area contributed by atoms with E-state index in [0.717, 1.165) is 15.7 Å². The molecule has 5 N–H and O–H groups in total. The Kier molecular flexibility index (Phi) is 6.20. The highest BCUT2D eigenvalue weighted by Gasteiger charge is 2.49. The smallest absolute Gasteiger partial charge is 0.325 e. The largest absolute Gasteiger partial charge is 0.368 e. The highest BCUT2D eigenvalue weighted by atomic mass is 16.2. The molecule has 1 saturated heterocycles. The molecule has 0 radical (unpaired) electrons. The number of carbonyl (C=O) groups excluding carboxylic acids is 5. The van der Waals surface area contributed by atoms with Gasteiger partial charge in [-0.2, -0.15) is 0 Å². The highest BCUT2D eigenvalue weighted by molar-refractivity contribution is 6.10. The molecule has 178 valence electrons. The van der Waals surface area contributed by atoms with Crippen LogP contribution in [0.4, 0.5) is 10.5 Å². The van der Waals surface area contributed by atoms with Crippen LogP contribution in [0.5, 0.6) is 0 Å². The first-order chi connectivity index (χ1) is 16.7. The number of nitrogens with two attached hydrogens (primary N) is 1. The van der Waals surface area contributed by atoms with Crippen LogP contribution in [-0.4, -0.2) is 47.6 Å². The lowest BCUT2D eigenvalue weighted by Gasteiger charge is -2.22. The topological polar surface area (TPSA) is 151 Å². The molecule has 4 rings (SSSR count). The summed E-state index contributed by atoms with van der Waals surface area (Å²) >= 11 is 0. The van der Waals surface area contributed by atoms with E-state index in [1.165, 1.54) is 12.1 Å². The Morgan fingerprint density at radius 2 is 1.71 bits per heavy atom. The van der Waals surface area contributed by atoms with Crippen LogP contribution in [0.3, 0.4) is 0 Å². The lowest BCUT2D eigenvalue weighted by Crippen LogP contribution is -2.42. The molecular formula is C25H23N5O5. The number of benzene rings is 3. The normalized spacial score (nSPS) is 17.2. The van der Waals surface area contributed by atoms with E-state index in [4.69, 9.17) is 5.73 Å². The number of carbonyl (C=O) groups is 5. The number of nitrogens with zero attached hydrogens (tertiary/aromatic N) is 1. The number of primary amides is 1. The fourth-order valence-electron chi connectivity index (χ4n) is 3.89. The van der Waals surface area contributed by atoms with Crippen LogP contribution in [-0.2, 0) is 19.9 Å². The Morgan fingerprint density at radius 3 is 2.46 bits per heavy atom. The standard InChI is InChI=1S/C25H23N5O5/c1-25(18-10-9-15-5-2-3-6-16(15)11-18)23(34)30(24(35)29-25)14-21(32)28-19-8-4-7-17(12-19)22(33)27-13-20(26)31/h2-12H,13-14H2,1H3,(H2,26,31)(H,27,33)(H,28,32)(H,29,35). The Balaban J connectivity index is 1.46. The summed E-state index contributed by atoms with van der Waals surface area (Å²) in [6.07, 6.45) is 0. The summed E-state index contributed by atoms with van der Waals surface area (Å²) in [4.78, 5) is 62.3. The monoisotopic (exact) mass is 473 g/mol. The minimum Gasteiger partial charge on any atom is -0.368 e. The number of fused-ring (bicyclic) bond motifs is 1. The number of hydrogen-bond acceptors (Lipinski definition) is 5. The van der Waals surface area contributed by atoms with Crippen LogP contribution < -0.4 is 21.7 Å². The summed E-state index contributed by atoms with van der Waals surface area (Å²) in [5.41, 5.74) is 4.78. The minimum atomic E-state index is -1.32. The summed E-state index contributed by atoms with van der Waals surface area (Å²) in [6.45, 7) is 0.771. The van der Waals surface area contributed by atoms with Gasteiger partial charge in [0.25, 0.3) is 11.8 Å². The van der Waals surface area contributed by atoms with Crippen LogP contribution in [0.2, 0.25) is 0 Å². The van der Waals surface area contributed by atoms with Crippen molar-refractivity contribution >= 4 is 46.1 Å². The molecule has 10 nitrogen and oxygen atoms in total. The predicted octanol–water partition coefficient (Wildman–Crippen LogP) is 1.46. The third kappa shape index (κ3) is 4.81. The van der Waals surface area contributed by atoms with Gasteiger partial charge in [0.05, 0.1) is 6.54 Å². The fourth-order valence-corrected chi connectivity index (χ4v) is 3.89.